The van der Waals surface area contributed by atoms with Gasteiger partial charge in [0.1, 0.15) is 0 Å². The van der Waals surface area contributed by atoms with E-state index in [9.17, 15) is 4.79 Å². The zero-order valence-electron chi connectivity index (χ0n) is 16.2. The van der Waals surface area contributed by atoms with Crippen molar-refractivity contribution >= 4 is 51.4 Å². The van der Waals surface area contributed by atoms with E-state index in [1.807, 2.05) is 43.3 Å². The molecule has 0 bridgehead atoms. The molecule has 0 saturated carbocycles. The number of halogens is 2. The summed E-state index contributed by atoms with van der Waals surface area (Å²) >= 11 is 11.0. The number of benzene rings is 2. The standard InChI is InChI=1S/C22H21BrClN3OS/c1-15-12-17(16(2)27(15)20-5-3-4-18(23)13-20)14-25-26-22(28)10-11-29-21-8-6-19(24)7-9-21/h3-9,12-14H,10-11H2,1-2H3,(H,26,28). The molecule has 1 aromatic heterocycles. The molecule has 0 aliphatic carbocycles. The summed E-state index contributed by atoms with van der Waals surface area (Å²) in [5.74, 6) is 0.573. The molecule has 1 heterocycles. The molecule has 150 valence electrons. The highest BCUT2D eigenvalue weighted by Gasteiger charge is 2.10. The third kappa shape index (κ3) is 5.98. The van der Waals surface area contributed by atoms with Crippen molar-refractivity contribution in [2.45, 2.75) is 25.2 Å². The Bertz CT molecular complexity index is 1030. The van der Waals surface area contributed by atoms with Crippen LogP contribution in [0.1, 0.15) is 23.4 Å². The minimum Gasteiger partial charge on any atom is -0.318 e. The van der Waals surface area contributed by atoms with E-state index >= 15 is 0 Å². The highest BCUT2D eigenvalue weighted by atomic mass is 79.9. The molecule has 0 saturated heterocycles. The topological polar surface area (TPSA) is 46.4 Å². The van der Waals surface area contributed by atoms with Crippen molar-refractivity contribution in [3.8, 4) is 5.69 Å². The summed E-state index contributed by atoms with van der Waals surface area (Å²) in [4.78, 5) is 13.1. The zero-order valence-corrected chi connectivity index (χ0v) is 19.3. The molecule has 2 aromatic carbocycles. The Morgan fingerprint density at radius 3 is 2.69 bits per heavy atom. The lowest BCUT2D eigenvalue weighted by atomic mass is 10.2. The van der Waals surface area contributed by atoms with Gasteiger partial charge in [-0.2, -0.15) is 5.10 Å². The van der Waals surface area contributed by atoms with Crippen LogP contribution in [0.2, 0.25) is 5.02 Å². The van der Waals surface area contributed by atoms with Gasteiger partial charge < -0.3 is 4.57 Å². The van der Waals surface area contributed by atoms with E-state index in [-0.39, 0.29) is 5.91 Å². The normalized spacial score (nSPS) is 11.2. The first-order valence-electron chi connectivity index (χ1n) is 9.09. The maximum absolute atomic E-state index is 12.0. The Morgan fingerprint density at radius 1 is 1.21 bits per heavy atom. The van der Waals surface area contributed by atoms with Crippen LogP contribution in [0.25, 0.3) is 5.69 Å². The molecule has 1 N–H and O–H groups in total. The lowest BCUT2D eigenvalue weighted by Crippen LogP contribution is -2.17. The molecular formula is C22H21BrClN3OS. The SMILES string of the molecule is Cc1cc(C=NNC(=O)CCSc2ccc(Cl)cc2)c(C)n1-c1cccc(Br)c1. The van der Waals surface area contributed by atoms with Crippen molar-refractivity contribution in [2.24, 2.45) is 5.10 Å². The Morgan fingerprint density at radius 2 is 1.97 bits per heavy atom. The number of aromatic nitrogens is 1. The predicted molar refractivity (Wildman–Crippen MR) is 125 cm³/mol. The first kappa shape index (κ1) is 21.7. The molecule has 4 nitrogen and oxygen atoms in total. The molecule has 3 rings (SSSR count). The number of hydrazone groups is 1. The smallest absolute Gasteiger partial charge is 0.240 e. The number of aryl methyl sites for hydroxylation is 1. The molecule has 1 amide bonds. The molecule has 0 atom stereocenters. The minimum atomic E-state index is -0.108. The highest BCUT2D eigenvalue weighted by molar-refractivity contribution is 9.10. The van der Waals surface area contributed by atoms with Crippen LogP contribution in [0.4, 0.5) is 0 Å². The summed E-state index contributed by atoms with van der Waals surface area (Å²) < 4.78 is 3.19. The van der Waals surface area contributed by atoms with Gasteiger partial charge in [-0.25, -0.2) is 5.43 Å². The molecule has 0 radical (unpaired) electrons. The molecule has 7 heteroatoms. The van der Waals surface area contributed by atoms with Gasteiger partial charge >= 0.3 is 0 Å². The third-order valence-electron chi connectivity index (χ3n) is 4.34. The predicted octanol–water partition coefficient (Wildman–Crippen LogP) is 6.14. The number of thioether (sulfide) groups is 1. The summed E-state index contributed by atoms with van der Waals surface area (Å²) in [6.45, 7) is 4.09. The number of nitrogens with zero attached hydrogens (tertiary/aromatic N) is 2. The van der Waals surface area contributed by atoms with E-state index in [0.29, 0.717) is 17.2 Å². The van der Waals surface area contributed by atoms with Crippen molar-refractivity contribution in [1.82, 2.24) is 9.99 Å². The molecule has 0 spiro atoms. The number of nitrogens with one attached hydrogen (secondary N) is 1. The van der Waals surface area contributed by atoms with Gasteiger partial charge in [-0.05, 0) is 62.4 Å². The largest absolute Gasteiger partial charge is 0.318 e. The van der Waals surface area contributed by atoms with Crippen LogP contribution in [-0.4, -0.2) is 22.4 Å². The van der Waals surface area contributed by atoms with Gasteiger partial charge in [0, 0.05) is 49.2 Å². The van der Waals surface area contributed by atoms with Gasteiger partial charge in [-0.15, -0.1) is 11.8 Å². The van der Waals surface area contributed by atoms with Crippen molar-refractivity contribution in [3.05, 3.63) is 81.0 Å². The van der Waals surface area contributed by atoms with E-state index in [1.54, 1.807) is 18.0 Å². The van der Waals surface area contributed by atoms with Gasteiger partial charge in [-0.3, -0.25) is 4.79 Å². The van der Waals surface area contributed by atoms with E-state index in [2.05, 4.69) is 56.1 Å². The molecule has 0 aliphatic rings. The maximum atomic E-state index is 12.0. The van der Waals surface area contributed by atoms with Crippen molar-refractivity contribution in [1.29, 1.82) is 0 Å². The Kier molecular flexibility index (Phi) is 7.58. The Labute approximate surface area is 188 Å². The molecule has 0 fully saturated rings. The molecule has 29 heavy (non-hydrogen) atoms. The number of carbonyl (C=O) groups excluding carboxylic acids is 1. The van der Waals surface area contributed by atoms with E-state index in [4.69, 9.17) is 11.6 Å². The molecule has 3 aromatic rings. The number of rotatable bonds is 7. The van der Waals surface area contributed by atoms with Crippen LogP contribution in [-0.2, 0) is 4.79 Å². The lowest BCUT2D eigenvalue weighted by molar-refractivity contribution is -0.120. The number of hydrogen-bond acceptors (Lipinski definition) is 3. The maximum Gasteiger partial charge on any atom is 0.240 e. The van der Waals surface area contributed by atoms with Gasteiger partial charge in [0.2, 0.25) is 5.91 Å². The third-order valence-corrected chi connectivity index (χ3v) is 6.10. The van der Waals surface area contributed by atoms with E-state index < -0.39 is 0 Å². The van der Waals surface area contributed by atoms with Gasteiger partial charge in [-0.1, -0.05) is 33.6 Å². The summed E-state index contributed by atoms with van der Waals surface area (Å²) in [5.41, 5.74) is 6.83. The van der Waals surface area contributed by atoms with Crippen molar-refractivity contribution in [3.63, 3.8) is 0 Å². The highest BCUT2D eigenvalue weighted by Crippen LogP contribution is 2.23. The quantitative estimate of drug-likeness (QED) is 0.245. The molecule has 0 unspecified atom stereocenters. The van der Waals surface area contributed by atoms with Crippen LogP contribution in [0.15, 0.2) is 69.1 Å². The second kappa shape index (κ2) is 10.1. The summed E-state index contributed by atoms with van der Waals surface area (Å²) in [6, 6.07) is 17.8. The first-order chi connectivity index (χ1) is 13.9. The Hall–Kier alpha value is -2.02. The summed E-state index contributed by atoms with van der Waals surface area (Å²) in [7, 11) is 0. The second-order valence-corrected chi connectivity index (χ2v) is 9.01. The van der Waals surface area contributed by atoms with E-state index in [0.717, 1.165) is 32.0 Å². The second-order valence-electron chi connectivity index (χ2n) is 6.49. The lowest BCUT2D eigenvalue weighted by Gasteiger charge is -2.09. The average molecular weight is 491 g/mol. The fraction of sp³-hybridized carbons (Fsp3) is 0.182. The van der Waals surface area contributed by atoms with Crippen LogP contribution >= 0.6 is 39.3 Å². The first-order valence-corrected chi connectivity index (χ1v) is 11.2. The number of hydrogen-bond donors (Lipinski definition) is 1. The number of carbonyl (C=O) groups is 1. The monoisotopic (exact) mass is 489 g/mol. The number of amides is 1. The van der Waals surface area contributed by atoms with Gasteiger partial charge in [0.25, 0.3) is 0 Å². The van der Waals surface area contributed by atoms with Gasteiger partial charge in [0.15, 0.2) is 0 Å². The van der Waals surface area contributed by atoms with Crippen LogP contribution in [0.3, 0.4) is 0 Å². The summed E-state index contributed by atoms with van der Waals surface area (Å²) in [5, 5.41) is 4.84. The minimum absolute atomic E-state index is 0.108. The van der Waals surface area contributed by atoms with Crippen LogP contribution in [0.5, 0.6) is 0 Å². The molecule has 0 aliphatic heterocycles. The van der Waals surface area contributed by atoms with Crippen LogP contribution < -0.4 is 5.43 Å². The van der Waals surface area contributed by atoms with E-state index in [1.165, 1.54) is 0 Å². The fourth-order valence-corrected chi connectivity index (χ4v) is 4.32. The van der Waals surface area contributed by atoms with Crippen molar-refractivity contribution in [2.75, 3.05) is 5.75 Å². The zero-order chi connectivity index (χ0) is 20.8. The Balaban J connectivity index is 1.55. The summed E-state index contributed by atoms with van der Waals surface area (Å²) in [6.07, 6.45) is 2.09. The van der Waals surface area contributed by atoms with Crippen LogP contribution in [0, 0.1) is 13.8 Å². The van der Waals surface area contributed by atoms with Gasteiger partial charge in [0.05, 0.1) is 6.21 Å². The average Bonchev–Trinajstić information content (AvgIpc) is 2.97. The fourth-order valence-electron chi connectivity index (χ4n) is 2.95. The molecular weight excluding hydrogens is 470 g/mol. The van der Waals surface area contributed by atoms with Crippen molar-refractivity contribution < 1.29 is 4.79 Å².